The van der Waals surface area contributed by atoms with Crippen molar-refractivity contribution in [1.29, 1.82) is 0 Å². The molecule has 0 amide bonds. The lowest BCUT2D eigenvalue weighted by molar-refractivity contribution is 0.285. The Morgan fingerprint density at radius 1 is 1.32 bits per heavy atom. The maximum absolute atomic E-state index is 9.21. The van der Waals surface area contributed by atoms with Crippen LogP contribution in [0.4, 0.5) is 5.13 Å². The van der Waals surface area contributed by atoms with Crippen LogP contribution in [-0.2, 0) is 19.6 Å². The number of aliphatic hydroxyl groups is 1. The molecule has 1 N–H and O–H groups in total. The Balaban J connectivity index is 1.89. The van der Waals surface area contributed by atoms with Crippen LogP contribution < -0.4 is 4.90 Å². The smallest absolute Gasteiger partial charge is 0.187 e. The summed E-state index contributed by atoms with van der Waals surface area (Å²) >= 11 is 7.50. The van der Waals surface area contributed by atoms with Crippen LogP contribution in [0.1, 0.15) is 22.4 Å². The van der Waals surface area contributed by atoms with E-state index in [9.17, 15) is 5.11 Å². The summed E-state index contributed by atoms with van der Waals surface area (Å²) in [7, 11) is 0. The van der Waals surface area contributed by atoms with Gasteiger partial charge in [-0.15, -0.1) is 0 Å². The first-order valence-electron chi connectivity index (χ1n) is 6.35. The molecular weight excluding hydrogens is 280 g/mol. The molecule has 1 aliphatic rings. The van der Waals surface area contributed by atoms with Crippen LogP contribution in [0.5, 0.6) is 0 Å². The topological polar surface area (TPSA) is 36.4 Å². The van der Waals surface area contributed by atoms with Crippen molar-refractivity contribution < 1.29 is 5.11 Å². The quantitative estimate of drug-likeness (QED) is 0.924. The Kier molecular flexibility index (Phi) is 3.73. The standard InChI is InChI=1S/C14H15ClN2OS/c15-13-12(9-18)19-14(16-13)17-7-3-6-10-4-1-2-5-11(10)8-17/h1-2,4-5,18H,3,6-9H2. The van der Waals surface area contributed by atoms with E-state index in [1.807, 2.05) is 0 Å². The molecule has 0 aliphatic carbocycles. The van der Waals surface area contributed by atoms with Crippen molar-refractivity contribution in [2.24, 2.45) is 0 Å². The highest BCUT2D eigenvalue weighted by atomic mass is 35.5. The number of aryl methyl sites for hydroxylation is 1. The van der Waals surface area contributed by atoms with E-state index in [4.69, 9.17) is 11.6 Å². The predicted octanol–water partition coefficient (Wildman–Crippen LogP) is 3.24. The van der Waals surface area contributed by atoms with E-state index < -0.39 is 0 Å². The number of aromatic nitrogens is 1. The van der Waals surface area contributed by atoms with Crippen LogP contribution >= 0.6 is 22.9 Å². The molecule has 0 bridgehead atoms. The van der Waals surface area contributed by atoms with Crippen molar-refractivity contribution >= 4 is 28.1 Å². The molecule has 5 heteroatoms. The lowest BCUT2D eigenvalue weighted by atomic mass is 10.0. The van der Waals surface area contributed by atoms with E-state index >= 15 is 0 Å². The number of rotatable bonds is 2. The third-order valence-electron chi connectivity index (χ3n) is 3.41. The molecule has 0 atom stereocenters. The highest BCUT2D eigenvalue weighted by Gasteiger charge is 2.18. The summed E-state index contributed by atoms with van der Waals surface area (Å²) in [6.07, 6.45) is 2.22. The van der Waals surface area contributed by atoms with Gasteiger partial charge in [-0.1, -0.05) is 47.2 Å². The van der Waals surface area contributed by atoms with Gasteiger partial charge in [-0.05, 0) is 24.0 Å². The summed E-state index contributed by atoms with van der Waals surface area (Å²) in [5.41, 5.74) is 2.78. The minimum atomic E-state index is -0.0407. The van der Waals surface area contributed by atoms with Crippen LogP contribution in [0.15, 0.2) is 24.3 Å². The largest absolute Gasteiger partial charge is 0.391 e. The maximum atomic E-state index is 9.21. The van der Waals surface area contributed by atoms with Crippen LogP contribution in [0.25, 0.3) is 0 Å². The normalized spacial score (nSPS) is 15.2. The summed E-state index contributed by atoms with van der Waals surface area (Å²) in [5, 5.41) is 10.5. The zero-order chi connectivity index (χ0) is 13.2. The van der Waals surface area contributed by atoms with Gasteiger partial charge in [0.2, 0.25) is 0 Å². The molecule has 0 saturated heterocycles. The van der Waals surface area contributed by atoms with Crippen LogP contribution in [0.2, 0.25) is 5.15 Å². The summed E-state index contributed by atoms with van der Waals surface area (Å²) in [5.74, 6) is 0. The van der Waals surface area contributed by atoms with Gasteiger partial charge in [0, 0.05) is 13.1 Å². The zero-order valence-corrected chi connectivity index (χ0v) is 12.0. The van der Waals surface area contributed by atoms with Crippen molar-refractivity contribution in [1.82, 2.24) is 4.98 Å². The number of aliphatic hydroxyl groups excluding tert-OH is 1. The van der Waals surface area contributed by atoms with Crippen molar-refractivity contribution in [3.8, 4) is 0 Å². The first-order chi connectivity index (χ1) is 9.28. The average molecular weight is 295 g/mol. The van der Waals surface area contributed by atoms with E-state index in [0.29, 0.717) is 5.15 Å². The fourth-order valence-corrected chi connectivity index (χ4v) is 3.56. The van der Waals surface area contributed by atoms with E-state index in [1.54, 1.807) is 0 Å². The Bertz CT molecular complexity index is 585. The molecule has 2 aromatic rings. The van der Waals surface area contributed by atoms with E-state index in [-0.39, 0.29) is 6.61 Å². The first kappa shape index (κ1) is 12.9. The van der Waals surface area contributed by atoms with Gasteiger partial charge < -0.3 is 10.0 Å². The summed E-state index contributed by atoms with van der Waals surface area (Å²) < 4.78 is 0. The minimum absolute atomic E-state index is 0.0407. The molecule has 0 unspecified atom stereocenters. The highest BCUT2D eigenvalue weighted by molar-refractivity contribution is 7.16. The lowest BCUT2D eigenvalue weighted by Gasteiger charge is -2.19. The zero-order valence-electron chi connectivity index (χ0n) is 10.5. The molecule has 0 saturated carbocycles. The van der Waals surface area contributed by atoms with E-state index in [1.165, 1.54) is 22.5 Å². The van der Waals surface area contributed by atoms with Crippen molar-refractivity contribution in [3.05, 3.63) is 45.4 Å². The number of halogens is 1. The predicted molar refractivity (Wildman–Crippen MR) is 78.9 cm³/mol. The molecule has 3 nitrogen and oxygen atoms in total. The maximum Gasteiger partial charge on any atom is 0.187 e. The Hall–Kier alpha value is -1.10. The summed E-state index contributed by atoms with van der Waals surface area (Å²) in [6, 6.07) is 8.55. The van der Waals surface area contributed by atoms with Crippen LogP contribution in [-0.4, -0.2) is 16.6 Å². The van der Waals surface area contributed by atoms with Gasteiger partial charge in [0.25, 0.3) is 0 Å². The Morgan fingerprint density at radius 2 is 2.11 bits per heavy atom. The second kappa shape index (κ2) is 5.49. The first-order valence-corrected chi connectivity index (χ1v) is 7.55. The van der Waals surface area contributed by atoms with Crippen molar-refractivity contribution in [2.75, 3.05) is 11.4 Å². The second-order valence-corrected chi connectivity index (χ2v) is 6.08. The molecule has 100 valence electrons. The minimum Gasteiger partial charge on any atom is -0.391 e. The molecule has 0 fully saturated rings. The Morgan fingerprint density at radius 3 is 2.84 bits per heavy atom. The van der Waals surface area contributed by atoms with E-state index in [0.717, 1.165) is 35.9 Å². The second-order valence-electron chi connectivity index (χ2n) is 4.66. The molecule has 2 heterocycles. The summed E-state index contributed by atoms with van der Waals surface area (Å²) in [6.45, 7) is 1.80. The van der Waals surface area contributed by atoms with E-state index in [2.05, 4.69) is 34.1 Å². The van der Waals surface area contributed by atoms with Crippen LogP contribution in [0, 0.1) is 0 Å². The van der Waals surface area contributed by atoms with Gasteiger partial charge in [0.1, 0.15) is 5.15 Å². The number of thiazole rings is 1. The molecular formula is C14H15ClN2OS. The van der Waals surface area contributed by atoms with Gasteiger partial charge in [-0.25, -0.2) is 4.98 Å². The molecule has 1 aromatic heterocycles. The fraction of sp³-hybridized carbons (Fsp3) is 0.357. The number of hydrogen-bond acceptors (Lipinski definition) is 4. The van der Waals surface area contributed by atoms with Gasteiger partial charge in [-0.2, -0.15) is 0 Å². The molecule has 19 heavy (non-hydrogen) atoms. The SMILES string of the molecule is OCc1sc(N2CCCc3ccccc3C2)nc1Cl. The molecule has 0 radical (unpaired) electrons. The van der Waals surface area contributed by atoms with Crippen molar-refractivity contribution in [3.63, 3.8) is 0 Å². The third kappa shape index (κ3) is 2.61. The van der Waals surface area contributed by atoms with Gasteiger partial charge in [-0.3, -0.25) is 0 Å². The monoisotopic (exact) mass is 294 g/mol. The molecule has 0 spiro atoms. The molecule has 3 rings (SSSR count). The van der Waals surface area contributed by atoms with Gasteiger partial charge >= 0.3 is 0 Å². The number of nitrogens with zero attached hydrogens (tertiary/aromatic N) is 2. The summed E-state index contributed by atoms with van der Waals surface area (Å²) in [4.78, 5) is 7.37. The lowest BCUT2D eigenvalue weighted by Crippen LogP contribution is -2.22. The average Bonchev–Trinajstić information content (AvgIpc) is 2.68. The van der Waals surface area contributed by atoms with Crippen LogP contribution in [0.3, 0.4) is 0 Å². The number of anilines is 1. The third-order valence-corrected chi connectivity index (χ3v) is 4.93. The van der Waals surface area contributed by atoms with Gasteiger partial charge in [0.05, 0.1) is 11.5 Å². The molecule has 1 aliphatic heterocycles. The Labute approximate surface area is 121 Å². The highest BCUT2D eigenvalue weighted by Crippen LogP contribution is 2.32. The molecule has 1 aromatic carbocycles. The van der Waals surface area contributed by atoms with Gasteiger partial charge in [0.15, 0.2) is 5.13 Å². The number of hydrogen-bond donors (Lipinski definition) is 1. The number of benzene rings is 1. The fourth-order valence-electron chi connectivity index (χ4n) is 2.42. The van der Waals surface area contributed by atoms with Crippen molar-refractivity contribution in [2.45, 2.75) is 26.0 Å². The number of fused-ring (bicyclic) bond motifs is 1.